The molecule has 114 valence electrons. The zero-order chi connectivity index (χ0) is 15.0. The van der Waals surface area contributed by atoms with Crippen LogP contribution < -0.4 is 4.72 Å². The predicted octanol–water partition coefficient (Wildman–Crippen LogP) is 2.59. The first-order valence-electron chi connectivity index (χ1n) is 7.35. The van der Waals surface area contributed by atoms with Gasteiger partial charge in [0.1, 0.15) is 4.90 Å². The molecular formula is C14H25N3O2S. The Morgan fingerprint density at radius 3 is 2.45 bits per heavy atom. The number of nitrogens with one attached hydrogen (secondary N) is 1. The predicted molar refractivity (Wildman–Crippen MR) is 79.3 cm³/mol. The van der Waals surface area contributed by atoms with Gasteiger partial charge < -0.3 is 0 Å². The molecule has 1 aliphatic rings. The number of aromatic nitrogens is 2. The van der Waals surface area contributed by atoms with Gasteiger partial charge in [-0.25, -0.2) is 13.1 Å². The highest BCUT2D eigenvalue weighted by Crippen LogP contribution is 2.33. The molecule has 0 bridgehead atoms. The molecule has 20 heavy (non-hydrogen) atoms. The van der Waals surface area contributed by atoms with Crippen LogP contribution in [0, 0.1) is 0 Å². The van der Waals surface area contributed by atoms with Crippen molar-refractivity contribution in [2.45, 2.75) is 69.7 Å². The Morgan fingerprint density at radius 2 is 1.95 bits per heavy atom. The molecular weight excluding hydrogens is 274 g/mol. The molecule has 1 aromatic rings. The lowest BCUT2D eigenvalue weighted by Crippen LogP contribution is -2.26. The number of hydrogen-bond donors (Lipinski definition) is 1. The minimum absolute atomic E-state index is 0.290. The van der Waals surface area contributed by atoms with E-state index in [2.05, 4.69) is 9.82 Å². The molecule has 0 amide bonds. The van der Waals surface area contributed by atoms with E-state index in [9.17, 15) is 8.42 Å². The second kappa shape index (κ2) is 5.48. The Balaban J connectivity index is 2.48. The van der Waals surface area contributed by atoms with Gasteiger partial charge >= 0.3 is 0 Å². The van der Waals surface area contributed by atoms with Crippen molar-refractivity contribution < 1.29 is 8.42 Å². The highest BCUT2D eigenvalue weighted by Gasteiger charge is 2.31. The van der Waals surface area contributed by atoms with Crippen molar-refractivity contribution in [3.05, 3.63) is 11.9 Å². The lowest BCUT2D eigenvalue weighted by Gasteiger charge is -2.17. The van der Waals surface area contributed by atoms with Gasteiger partial charge in [0.25, 0.3) is 0 Å². The number of hydrogen-bond acceptors (Lipinski definition) is 3. The second-order valence-electron chi connectivity index (χ2n) is 6.51. The quantitative estimate of drug-likeness (QED) is 0.929. The summed E-state index contributed by atoms with van der Waals surface area (Å²) < 4.78 is 29.2. The van der Waals surface area contributed by atoms with Crippen LogP contribution in [0.25, 0.3) is 0 Å². The van der Waals surface area contributed by atoms with Crippen LogP contribution >= 0.6 is 0 Å². The molecule has 0 spiro atoms. The summed E-state index contributed by atoms with van der Waals surface area (Å²) in [6, 6.07) is 0.349. The first kappa shape index (κ1) is 15.5. The van der Waals surface area contributed by atoms with Crippen LogP contribution in [0.5, 0.6) is 0 Å². The summed E-state index contributed by atoms with van der Waals surface area (Å²) in [6.45, 7) is 8.17. The second-order valence-corrected chi connectivity index (χ2v) is 8.25. The van der Waals surface area contributed by atoms with Crippen molar-refractivity contribution in [3.63, 3.8) is 0 Å². The molecule has 2 rings (SSSR count). The Labute approximate surface area is 121 Å². The van der Waals surface area contributed by atoms with E-state index in [-0.39, 0.29) is 5.41 Å². The molecule has 5 nitrogen and oxygen atoms in total. The highest BCUT2D eigenvalue weighted by atomic mass is 32.2. The maximum atomic E-state index is 12.4. The van der Waals surface area contributed by atoms with E-state index in [1.807, 2.05) is 25.5 Å². The zero-order valence-corrected chi connectivity index (χ0v) is 13.6. The van der Waals surface area contributed by atoms with Crippen LogP contribution in [0.2, 0.25) is 0 Å². The summed E-state index contributed by atoms with van der Waals surface area (Å²) in [5.41, 5.74) is 0.368. The van der Waals surface area contributed by atoms with Crippen molar-refractivity contribution in [2.75, 3.05) is 6.54 Å². The average molecular weight is 299 g/mol. The first-order chi connectivity index (χ1) is 9.25. The minimum atomic E-state index is -3.47. The van der Waals surface area contributed by atoms with Crippen molar-refractivity contribution in [1.82, 2.24) is 14.5 Å². The van der Waals surface area contributed by atoms with Crippen molar-refractivity contribution >= 4 is 10.0 Å². The smallest absolute Gasteiger partial charge is 0.243 e. The largest absolute Gasteiger partial charge is 0.268 e. The summed E-state index contributed by atoms with van der Waals surface area (Å²) in [5.74, 6) is 0. The molecule has 6 heteroatoms. The Kier molecular flexibility index (Phi) is 4.25. The summed E-state index contributed by atoms with van der Waals surface area (Å²) in [7, 11) is -3.47. The molecule has 0 aliphatic heterocycles. The molecule has 1 aromatic heterocycles. The van der Waals surface area contributed by atoms with E-state index in [0.717, 1.165) is 12.8 Å². The number of sulfonamides is 1. The third kappa shape index (κ3) is 3.06. The molecule has 1 aliphatic carbocycles. The Hall–Kier alpha value is -0.880. The van der Waals surface area contributed by atoms with E-state index in [4.69, 9.17) is 0 Å². The molecule has 0 unspecified atom stereocenters. The average Bonchev–Trinajstić information content (AvgIpc) is 2.97. The van der Waals surface area contributed by atoms with Crippen molar-refractivity contribution in [1.29, 1.82) is 0 Å². The van der Waals surface area contributed by atoms with Gasteiger partial charge in [0, 0.05) is 18.2 Å². The summed E-state index contributed by atoms with van der Waals surface area (Å²) in [5, 5.41) is 4.61. The molecule has 0 saturated heterocycles. The maximum Gasteiger partial charge on any atom is 0.243 e. The topological polar surface area (TPSA) is 64.0 Å². The first-order valence-corrected chi connectivity index (χ1v) is 8.83. The van der Waals surface area contributed by atoms with Crippen LogP contribution in [0.1, 0.15) is 65.1 Å². The molecule has 0 atom stereocenters. The number of nitrogens with zero attached hydrogens (tertiary/aromatic N) is 2. The van der Waals surface area contributed by atoms with Gasteiger partial charge in [-0.15, -0.1) is 0 Å². The molecule has 0 radical (unpaired) electrons. The van der Waals surface area contributed by atoms with Crippen LogP contribution in [-0.4, -0.2) is 24.7 Å². The minimum Gasteiger partial charge on any atom is -0.268 e. The van der Waals surface area contributed by atoms with Gasteiger partial charge in [-0.05, 0) is 12.8 Å². The van der Waals surface area contributed by atoms with Gasteiger partial charge in [-0.3, -0.25) is 4.68 Å². The number of rotatable bonds is 4. The molecule has 1 saturated carbocycles. The van der Waals surface area contributed by atoms with Gasteiger partial charge in [0.15, 0.2) is 0 Å². The van der Waals surface area contributed by atoms with Crippen molar-refractivity contribution in [3.8, 4) is 0 Å². The van der Waals surface area contributed by atoms with Gasteiger partial charge in [-0.1, -0.05) is 40.5 Å². The standard InChI is InChI=1S/C14H25N3O2S/c1-5-15-20(18,19)12-10-17(11-8-6-7-9-11)16-13(12)14(2,3)4/h10-11,15H,5-9H2,1-4H3. The SMILES string of the molecule is CCNS(=O)(=O)c1cn(C2CCCC2)nc1C(C)(C)C. The van der Waals surface area contributed by atoms with Gasteiger partial charge in [0.2, 0.25) is 10.0 Å². The fraction of sp³-hybridized carbons (Fsp3) is 0.786. The van der Waals surface area contributed by atoms with Gasteiger partial charge in [-0.2, -0.15) is 5.10 Å². The summed E-state index contributed by atoms with van der Waals surface area (Å²) >= 11 is 0. The molecule has 1 fully saturated rings. The molecule has 0 aromatic carbocycles. The van der Waals surface area contributed by atoms with E-state index in [1.165, 1.54) is 12.8 Å². The van der Waals surface area contributed by atoms with E-state index < -0.39 is 10.0 Å². The van der Waals surface area contributed by atoms with Crippen LogP contribution in [-0.2, 0) is 15.4 Å². The molecule has 1 heterocycles. The van der Waals surface area contributed by atoms with E-state index in [0.29, 0.717) is 23.2 Å². The normalized spacial score (nSPS) is 17.8. The zero-order valence-electron chi connectivity index (χ0n) is 12.8. The Bertz CT molecular complexity index is 564. The van der Waals surface area contributed by atoms with E-state index >= 15 is 0 Å². The lowest BCUT2D eigenvalue weighted by molar-refractivity contribution is 0.448. The van der Waals surface area contributed by atoms with Crippen LogP contribution in [0.15, 0.2) is 11.1 Å². The van der Waals surface area contributed by atoms with E-state index in [1.54, 1.807) is 13.1 Å². The monoisotopic (exact) mass is 299 g/mol. The maximum absolute atomic E-state index is 12.4. The summed E-state index contributed by atoms with van der Waals surface area (Å²) in [4.78, 5) is 0.332. The highest BCUT2D eigenvalue weighted by molar-refractivity contribution is 7.89. The fourth-order valence-electron chi connectivity index (χ4n) is 2.71. The third-order valence-corrected chi connectivity index (χ3v) is 5.28. The van der Waals surface area contributed by atoms with Crippen LogP contribution in [0.3, 0.4) is 0 Å². The molecule has 1 N–H and O–H groups in total. The lowest BCUT2D eigenvalue weighted by atomic mass is 9.92. The van der Waals surface area contributed by atoms with Gasteiger partial charge in [0.05, 0.1) is 11.7 Å². The summed E-state index contributed by atoms with van der Waals surface area (Å²) in [6.07, 6.45) is 6.29. The van der Waals surface area contributed by atoms with Crippen LogP contribution in [0.4, 0.5) is 0 Å². The fourth-order valence-corrected chi connectivity index (χ4v) is 4.10. The Morgan fingerprint density at radius 1 is 1.35 bits per heavy atom. The third-order valence-electron chi connectivity index (χ3n) is 3.73. The van der Waals surface area contributed by atoms with Crippen molar-refractivity contribution in [2.24, 2.45) is 0 Å².